The Morgan fingerprint density at radius 3 is 2.31 bits per heavy atom. The molecule has 12 heteroatoms. The molecule has 2 amide bonds. The number of hydrogen-bond donors (Lipinski definition) is 1. The molecule has 2 aromatic heterocycles. The predicted octanol–water partition coefficient (Wildman–Crippen LogP) is 4.00. The van der Waals surface area contributed by atoms with Crippen LogP contribution in [0, 0.1) is 6.92 Å². The zero-order valence-corrected chi connectivity index (χ0v) is 17.7. The highest BCUT2D eigenvalue weighted by Crippen LogP contribution is 2.34. The Morgan fingerprint density at radius 1 is 1.03 bits per heavy atom. The van der Waals surface area contributed by atoms with Gasteiger partial charge in [-0.3, -0.25) is 0 Å². The lowest BCUT2D eigenvalue weighted by Crippen LogP contribution is -2.50. The van der Waals surface area contributed by atoms with Gasteiger partial charge in [0.25, 0.3) is 0 Å². The van der Waals surface area contributed by atoms with Crippen LogP contribution >= 0.6 is 11.6 Å². The van der Waals surface area contributed by atoms with Crippen LogP contribution in [0.1, 0.15) is 11.3 Å². The molecule has 3 aromatic rings. The number of halogens is 4. The van der Waals surface area contributed by atoms with E-state index in [-0.39, 0.29) is 10.7 Å². The van der Waals surface area contributed by atoms with Gasteiger partial charge in [0.2, 0.25) is 0 Å². The molecular formula is C20H19ClF3N7O. The molecule has 1 aliphatic rings. The minimum atomic E-state index is -4.53. The minimum absolute atomic E-state index is 0.0349. The van der Waals surface area contributed by atoms with E-state index in [0.29, 0.717) is 37.8 Å². The van der Waals surface area contributed by atoms with Crippen LogP contribution in [0.25, 0.3) is 5.82 Å². The first-order valence-electron chi connectivity index (χ1n) is 9.75. The van der Waals surface area contributed by atoms with Crippen LogP contribution < -0.4 is 10.2 Å². The normalized spacial score (nSPS) is 14.5. The first-order chi connectivity index (χ1) is 15.2. The summed E-state index contributed by atoms with van der Waals surface area (Å²) in [6.07, 6.45) is -2.73. The van der Waals surface area contributed by atoms with Crippen LogP contribution in [-0.2, 0) is 6.18 Å². The number of nitrogens with zero attached hydrogens (tertiary/aromatic N) is 6. The standard InChI is InChI=1S/C20H19ClF3N7O/c1-13-6-7-31(28-13)18-5-4-17(26-27-18)29-8-10-30(11-9-29)19(32)25-16-12-14(20(22,23)24)2-3-15(16)21/h2-7,12H,8-11H2,1H3,(H,25,32). The smallest absolute Gasteiger partial charge is 0.352 e. The van der Waals surface area contributed by atoms with Gasteiger partial charge in [-0.25, -0.2) is 9.48 Å². The lowest BCUT2D eigenvalue weighted by atomic mass is 10.2. The van der Waals surface area contributed by atoms with E-state index in [1.54, 1.807) is 10.9 Å². The van der Waals surface area contributed by atoms with Crippen molar-refractivity contribution in [3.05, 3.63) is 58.9 Å². The number of aromatic nitrogens is 4. The number of rotatable bonds is 3. The average molecular weight is 466 g/mol. The third-order valence-corrected chi connectivity index (χ3v) is 5.35. The van der Waals surface area contributed by atoms with Gasteiger partial charge in [-0.15, -0.1) is 10.2 Å². The molecule has 1 aromatic carbocycles. The number of benzene rings is 1. The molecule has 1 saturated heterocycles. The summed E-state index contributed by atoms with van der Waals surface area (Å²) < 4.78 is 40.4. The number of nitrogens with one attached hydrogen (secondary N) is 1. The van der Waals surface area contributed by atoms with Crippen molar-refractivity contribution in [3.63, 3.8) is 0 Å². The fourth-order valence-electron chi connectivity index (χ4n) is 3.28. The van der Waals surface area contributed by atoms with Gasteiger partial charge in [-0.1, -0.05) is 11.6 Å². The first-order valence-corrected chi connectivity index (χ1v) is 10.1. The van der Waals surface area contributed by atoms with Gasteiger partial charge >= 0.3 is 12.2 Å². The number of anilines is 2. The van der Waals surface area contributed by atoms with E-state index in [4.69, 9.17) is 11.6 Å². The van der Waals surface area contributed by atoms with Crippen molar-refractivity contribution >= 4 is 29.1 Å². The van der Waals surface area contributed by atoms with Crippen LogP contribution in [0.15, 0.2) is 42.6 Å². The maximum atomic E-state index is 12.9. The molecule has 0 bridgehead atoms. The highest BCUT2D eigenvalue weighted by atomic mass is 35.5. The summed E-state index contributed by atoms with van der Waals surface area (Å²) in [6.45, 7) is 3.61. The predicted molar refractivity (Wildman–Crippen MR) is 113 cm³/mol. The first kappa shape index (κ1) is 21.9. The third-order valence-electron chi connectivity index (χ3n) is 5.02. The molecule has 1 aliphatic heterocycles. The maximum absolute atomic E-state index is 12.9. The second-order valence-electron chi connectivity index (χ2n) is 7.25. The van der Waals surface area contributed by atoms with Crippen molar-refractivity contribution in [2.24, 2.45) is 0 Å². The van der Waals surface area contributed by atoms with Crippen LogP contribution in [0.4, 0.5) is 29.5 Å². The molecule has 8 nitrogen and oxygen atoms in total. The summed E-state index contributed by atoms with van der Waals surface area (Å²) in [5, 5.41) is 15.2. The summed E-state index contributed by atoms with van der Waals surface area (Å²) in [6, 6.07) is 7.81. The summed E-state index contributed by atoms with van der Waals surface area (Å²) >= 11 is 5.96. The van der Waals surface area contributed by atoms with E-state index in [9.17, 15) is 18.0 Å². The largest absolute Gasteiger partial charge is 0.416 e. The number of urea groups is 1. The van der Waals surface area contributed by atoms with Crippen molar-refractivity contribution in [3.8, 4) is 5.82 Å². The van der Waals surface area contributed by atoms with Crippen molar-refractivity contribution < 1.29 is 18.0 Å². The Bertz CT molecular complexity index is 1110. The Kier molecular flexibility index (Phi) is 5.92. The summed E-state index contributed by atoms with van der Waals surface area (Å²) in [7, 11) is 0. The molecule has 1 N–H and O–H groups in total. The molecule has 32 heavy (non-hydrogen) atoms. The quantitative estimate of drug-likeness (QED) is 0.632. The number of amides is 2. The van der Waals surface area contributed by atoms with E-state index in [2.05, 4.69) is 20.6 Å². The minimum Gasteiger partial charge on any atom is -0.352 e. The zero-order valence-electron chi connectivity index (χ0n) is 17.0. The van der Waals surface area contributed by atoms with Crippen molar-refractivity contribution in [1.82, 2.24) is 24.9 Å². The number of aryl methyl sites for hydroxylation is 1. The highest BCUT2D eigenvalue weighted by Gasteiger charge is 2.31. The molecule has 0 radical (unpaired) electrons. The number of piperazine rings is 1. The van der Waals surface area contributed by atoms with Crippen molar-refractivity contribution in [2.45, 2.75) is 13.1 Å². The van der Waals surface area contributed by atoms with Gasteiger partial charge in [-0.05, 0) is 43.3 Å². The number of alkyl halides is 3. The third kappa shape index (κ3) is 4.77. The van der Waals surface area contributed by atoms with Gasteiger partial charge in [-0.2, -0.15) is 18.3 Å². The van der Waals surface area contributed by atoms with E-state index in [1.165, 1.54) is 4.90 Å². The van der Waals surface area contributed by atoms with Crippen LogP contribution in [-0.4, -0.2) is 57.1 Å². The maximum Gasteiger partial charge on any atom is 0.416 e. The second kappa shape index (κ2) is 8.65. The number of carbonyl (C=O) groups excluding carboxylic acids is 1. The fourth-order valence-corrected chi connectivity index (χ4v) is 3.45. The Labute approximate surface area is 186 Å². The molecule has 168 valence electrons. The van der Waals surface area contributed by atoms with E-state index in [1.807, 2.05) is 30.0 Å². The SMILES string of the molecule is Cc1ccn(-c2ccc(N3CCN(C(=O)Nc4cc(C(F)(F)F)ccc4Cl)CC3)nn2)n1. The van der Waals surface area contributed by atoms with Crippen LogP contribution in [0.3, 0.4) is 0 Å². The monoisotopic (exact) mass is 465 g/mol. The number of carbonyl (C=O) groups is 1. The Balaban J connectivity index is 1.36. The Hall–Kier alpha value is -3.34. The van der Waals surface area contributed by atoms with Crippen LogP contribution in [0.2, 0.25) is 5.02 Å². The second-order valence-corrected chi connectivity index (χ2v) is 7.66. The molecule has 0 unspecified atom stereocenters. The van der Waals surface area contributed by atoms with Gasteiger partial charge in [0.1, 0.15) is 0 Å². The fraction of sp³-hybridized carbons (Fsp3) is 0.300. The molecule has 4 rings (SSSR count). The zero-order chi connectivity index (χ0) is 22.9. The highest BCUT2D eigenvalue weighted by molar-refractivity contribution is 6.33. The van der Waals surface area contributed by atoms with Crippen LogP contribution in [0.5, 0.6) is 0 Å². The molecule has 3 heterocycles. The van der Waals surface area contributed by atoms with Crippen molar-refractivity contribution in [1.29, 1.82) is 0 Å². The molecular weight excluding hydrogens is 447 g/mol. The summed E-state index contributed by atoms with van der Waals surface area (Å²) in [5.74, 6) is 1.26. The van der Waals surface area contributed by atoms with Gasteiger partial charge in [0.15, 0.2) is 11.6 Å². The lowest BCUT2D eigenvalue weighted by molar-refractivity contribution is -0.137. The lowest BCUT2D eigenvalue weighted by Gasteiger charge is -2.35. The van der Waals surface area contributed by atoms with Gasteiger partial charge < -0.3 is 15.1 Å². The summed E-state index contributed by atoms with van der Waals surface area (Å²) in [4.78, 5) is 16.0. The van der Waals surface area contributed by atoms with Gasteiger partial charge in [0.05, 0.1) is 22.0 Å². The molecule has 0 atom stereocenters. The molecule has 1 fully saturated rings. The van der Waals surface area contributed by atoms with E-state index < -0.39 is 17.8 Å². The molecule has 0 spiro atoms. The Morgan fingerprint density at radius 2 is 1.72 bits per heavy atom. The van der Waals surface area contributed by atoms with Crippen molar-refractivity contribution in [2.75, 3.05) is 36.4 Å². The molecule has 0 saturated carbocycles. The molecule has 0 aliphatic carbocycles. The number of hydrogen-bond acceptors (Lipinski definition) is 5. The topological polar surface area (TPSA) is 79.2 Å². The van der Waals surface area contributed by atoms with E-state index in [0.717, 1.165) is 23.9 Å². The summed E-state index contributed by atoms with van der Waals surface area (Å²) in [5.41, 5.74) is -0.0877. The average Bonchev–Trinajstić information content (AvgIpc) is 3.21. The van der Waals surface area contributed by atoms with E-state index >= 15 is 0 Å². The van der Waals surface area contributed by atoms with Gasteiger partial charge in [0, 0.05) is 32.4 Å².